The number of halogens is 1. The van der Waals surface area contributed by atoms with Crippen LogP contribution in [-0.2, 0) is 4.79 Å². The third kappa shape index (κ3) is 4.84. The van der Waals surface area contributed by atoms with Crippen molar-refractivity contribution in [1.82, 2.24) is 10.6 Å². The molecule has 0 bridgehead atoms. The van der Waals surface area contributed by atoms with Crippen molar-refractivity contribution in [2.24, 2.45) is 0 Å². The number of benzene rings is 1. The number of carbonyl (C=O) groups excluding carboxylic acids is 1. The van der Waals surface area contributed by atoms with E-state index in [2.05, 4.69) is 10.6 Å². The monoisotopic (exact) mass is 252 g/mol. The second-order valence-corrected chi connectivity index (χ2v) is 4.53. The summed E-state index contributed by atoms with van der Waals surface area (Å²) in [5.41, 5.74) is 0.839. The molecule has 0 aliphatic rings. The van der Waals surface area contributed by atoms with Crippen LogP contribution in [0.2, 0.25) is 0 Å². The third-order valence-electron chi connectivity index (χ3n) is 2.94. The van der Waals surface area contributed by atoms with E-state index in [1.807, 2.05) is 26.8 Å². The standard InChI is InChI=1S/C14H21FN2O/c1-4-10(2)17-14(18)9-16-11(3)12-6-5-7-13(15)8-12/h5-8,10-11,16H,4,9H2,1-3H3,(H,17,18). The summed E-state index contributed by atoms with van der Waals surface area (Å²) < 4.78 is 13.0. The summed E-state index contributed by atoms with van der Waals surface area (Å²) in [7, 11) is 0. The van der Waals surface area contributed by atoms with Crippen molar-refractivity contribution < 1.29 is 9.18 Å². The van der Waals surface area contributed by atoms with Gasteiger partial charge in [-0.15, -0.1) is 0 Å². The van der Waals surface area contributed by atoms with Crippen molar-refractivity contribution >= 4 is 5.91 Å². The van der Waals surface area contributed by atoms with Crippen LogP contribution in [0.3, 0.4) is 0 Å². The maximum atomic E-state index is 13.0. The predicted molar refractivity (Wildman–Crippen MR) is 70.7 cm³/mol. The van der Waals surface area contributed by atoms with Crippen LogP contribution in [0.4, 0.5) is 4.39 Å². The summed E-state index contributed by atoms with van der Waals surface area (Å²) >= 11 is 0. The summed E-state index contributed by atoms with van der Waals surface area (Å²) in [5, 5.41) is 5.95. The van der Waals surface area contributed by atoms with Gasteiger partial charge < -0.3 is 10.6 Å². The van der Waals surface area contributed by atoms with E-state index < -0.39 is 0 Å². The van der Waals surface area contributed by atoms with Gasteiger partial charge in [0, 0.05) is 12.1 Å². The van der Waals surface area contributed by atoms with Gasteiger partial charge in [-0.3, -0.25) is 4.79 Å². The highest BCUT2D eigenvalue weighted by molar-refractivity contribution is 5.78. The Morgan fingerprint density at radius 2 is 2.11 bits per heavy atom. The van der Waals surface area contributed by atoms with Crippen LogP contribution >= 0.6 is 0 Å². The molecule has 0 fully saturated rings. The Kier molecular flexibility index (Phi) is 5.78. The summed E-state index contributed by atoms with van der Waals surface area (Å²) in [6.45, 7) is 6.13. The van der Waals surface area contributed by atoms with Gasteiger partial charge in [-0.05, 0) is 38.0 Å². The average Bonchev–Trinajstić information content (AvgIpc) is 2.35. The van der Waals surface area contributed by atoms with Gasteiger partial charge in [0.15, 0.2) is 0 Å². The molecule has 0 aromatic heterocycles. The van der Waals surface area contributed by atoms with Crippen molar-refractivity contribution in [3.05, 3.63) is 35.6 Å². The highest BCUT2D eigenvalue weighted by Crippen LogP contribution is 2.12. The zero-order valence-corrected chi connectivity index (χ0v) is 11.2. The first-order chi connectivity index (χ1) is 8.52. The lowest BCUT2D eigenvalue weighted by molar-refractivity contribution is -0.120. The summed E-state index contributed by atoms with van der Waals surface area (Å²) in [6, 6.07) is 6.53. The maximum absolute atomic E-state index is 13.0. The topological polar surface area (TPSA) is 41.1 Å². The van der Waals surface area contributed by atoms with Gasteiger partial charge in [0.2, 0.25) is 5.91 Å². The lowest BCUT2D eigenvalue weighted by Gasteiger charge is -2.16. The Balaban J connectivity index is 2.41. The molecule has 0 spiro atoms. The normalized spacial score (nSPS) is 14.0. The Labute approximate surface area is 108 Å². The Morgan fingerprint density at radius 1 is 1.39 bits per heavy atom. The van der Waals surface area contributed by atoms with Crippen LogP contribution in [0.25, 0.3) is 0 Å². The molecule has 3 nitrogen and oxygen atoms in total. The second kappa shape index (κ2) is 7.11. The van der Waals surface area contributed by atoms with Gasteiger partial charge in [0.05, 0.1) is 6.54 Å². The largest absolute Gasteiger partial charge is 0.353 e. The molecule has 100 valence electrons. The number of nitrogens with one attached hydrogen (secondary N) is 2. The van der Waals surface area contributed by atoms with Gasteiger partial charge >= 0.3 is 0 Å². The number of amides is 1. The molecular weight excluding hydrogens is 231 g/mol. The Bertz CT molecular complexity index is 395. The number of rotatable bonds is 6. The minimum absolute atomic E-state index is 0.0346. The highest BCUT2D eigenvalue weighted by Gasteiger charge is 2.09. The van der Waals surface area contributed by atoms with E-state index in [1.165, 1.54) is 12.1 Å². The number of carbonyl (C=O) groups is 1. The lowest BCUT2D eigenvalue weighted by Crippen LogP contribution is -2.39. The fraction of sp³-hybridized carbons (Fsp3) is 0.500. The van der Waals surface area contributed by atoms with E-state index in [-0.39, 0.29) is 30.4 Å². The van der Waals surface area contributed by atoms with Gasteiger partial charge in [-0.2, -0.15) is 0 Å². The molecule has 2 N–H and O–H groups in total. The molecule has 0 heterocycles. The first-order valence-corrected chi connectivity index (χ1v) is 6.31. The van der Waals surface area contributed by atoms with E-state index in [4.69, 9.17) is 0 Å². The molecule has 4 heteroatoms. The molecule has 0 aliphatic heterocycles. The molecule has 1 aromatic carbocycles. The first-order valence-electron chi connectivity index (χ1n) is 6.31. The zero-order valence-electron chi connectivity index (χ0n) is 11.2. The van der Waals surface area contributed by atoms with E-state index >= 15 is 0 Å². The lowest BCUT2D eigenvalue weighted by atomic mass is 10.1. The molecule has 0 aliphatic carbocycles. The fourth-order valence-electron chi connectivity index (χ4n) is 1.57. The van der Waals surface area contributed by atoms with Gasteiger partial charge in [0.25, 0.3) is 0 Å². The number of hydrogen-bond donors (Lipinski definition) is 2. The molecule has 1 amide bonds. The quantitative estimate of drug-likeness (QED) is 0.816. The maximum Gasteiger partial charge on any atom is 0.234 e. The molecule has 0 saturated heterocycles. The second-order valence-electron chi connectivity index (χ2n) is 4.53. The summed E-state index contributed by atoms with van der Waals surface area (Å²) in [6.07, 6.45) is 0.908. The Morgan fingerprint density at radius 3 is 2.72 bits per heavy atom. The average molecular weight is 252 g/mol. The van der Waals surface area contributed by atoms with E-state index in [1.54, 1.807) is 6.07 Å². The van der Waals surface area contributed by atoms with E-state index in [9.17, 15) is 9.18 Å². The highest BCUT2D eigenvalue weighted by atomic mass is 19.1. The summed E-state index contributed by atoms with van der Waals surface area (Å²) in [5.74, 6) is -0.294. The van der Waals surface area contributed by atoms with Crippen molar-refractivity contribution in [3.63, 3.8) is 0 Å². The van der Waals surface area contributed by atoms with E-state index in [0.29, 0.717) is 0 Å². The first kappa shape index (κ1) is 14.6. The molecule has 1 aromatic rings. The van der Waals surface area contributed by atoms with Crippen molar-refractivity contribution in [1.29, 1.82) is 0 Å². The fourth-order valence-corrected chi connectivity index (χ4v) is 1.57. The van der Waals surface area contributed by atoms with Gasteiger partial charge in [0.1, 0.15) is 5.82 Å². The minimum Gasteiger partial charge on any atom is -0.353 e. The zero-order chi connectivity index (χ0) is 13.5. The minimum atomic E-state index is -0.259. The molecule has 18 heavy (non-hydrogen) atoms. The SMILES string of the molecule is CCC(C)NC(=O)CNC(C)c1cccc(F)c1. The molecular formula is C14H21FN2O. The number of hydrogen-bond acceptors (Lipinski definition) is 2. The van der Waals surface area contributed by atoms with Crippen molar-refractivity contribution in [2.45, 2.75) is 39.3 Å². The third-order valence-corrected chi connectivity index (χ3v) is 2.94. The van der Waals surface area contributed by atoms with E-state index in [0.717, 1.165) is 12.0 Å². The van der Waals surface area contributed by atoms with Crippen LogP contribution < -0.4 is 10.6 Å². The van der Waals surface area contributed by atoms with Gasteiger partial charge in [-0.25, -0.2) is 4.39 Å². The Hall–Kier alpha value is -1.42. The van der Waals surface area contributed by atoms with Crippen molar-refractivity contribution in [3.8, 4) is 0 Å². The summed E-state index contributed by atoms with van der Waals surface area (Å²) in [4.78, 5) is 11.6. The molecule has 1 rings (SSSR count). The van der Waals surface area contributed by atoms with Crippen LogP contribution in [-0.4, -0.2) is 18.5 Å². The van der Waals surface area contributed by atoms with Crippen LogP contribution in [0, 0.1) is 5.82 Å². The van der Waals surface area contributed by atoms with Gasteiger partial charge in [-0.1, -0.05) is 19.1 Å². The smallest absolute Gasteiger partial charge is 0.234 e. The van der Waals surface area contributed by atoms with Crippen LogP contribution in [0.15, 0.2) is 24.3 Å². The van der Waals surface area contributed by atoms with Crippen LogP contribution in [0.1, 0.15) is 38.8 Å². The molecule has 0 saturated carbocycles. The molecule has 0 radical (unpaired) electrons. The molecule has 2 atom stereocenters. The van der Waals surface area contributed by atoms with Crippen LogP contribution in [0.5, 0.6) is 0 Å². The molecule has 2 unspecified atom stereocenters. The van der Waals surface area contributed by atoms with Crippen molar-refractivity contribution in [2.75, 3.05) is 6.54 Å². The predicted octanol–water partition coefficient (Wildman–Crippen LogP) is 2.39.